The van der Waals surface area contributed by atoms with Gasteiger partial charge in [-0.1, -0.05) is 45.2 Å². The van der Waals surface area contributed by atoms with E-state index in [1.807, 2.05) is 49.6 Å². The summed E-state index contributed by atoms with van der Waals surface area (Å²) in [5.41, 5.74) is 5.87. The van der Waals surface area contributed by atoms with Crippen molar-refractivity contribution < 1.29 is 19.2 Å². The van der Waals surface area contributed by atoms with Gasteiger partial charge < -0.3 is 14.6 Å². The molecule has 10 heteroatoms. The van der Waals surface area contributed by atoms with Crippen LogP contribution in [0.5, 0.6) is 5.75 Å². The highest BCUT2D eigenvalue weighted by Gasteiger charge is 2.35. The van der Waals surface area contributed by atoms with Crippen LogP contribution in [0.3, 0.4) is 0 Å². The van der Waals surface area contributed by atoms with Crippen LogP contribution >= 0.6 is 11.8 Å². The highest BCUT2D eigenvalue weighted by molar-refractivity contribution is 8.18. The van der Waals surface area contributed by atoms with Crippen LogP contribution in [0.2, 0.25) is 0 Å². The lowest BCUT2D eigenvalue weighted by atomic mass is 9.95. The Morgan fingerprint density at radius 1 is 1.07 bits per heavy atom. The number of nitro benzene ring substituents is 1. The summed E-state index contributed by atoms with van der Waals surface area (Å²) in [6.07, 6.45) is 7.24. The smallest absolute Gasteiger partial charge is 0.294 e. The van der Waals surface area contributed by atoms with Gasteiger partial charge in [0.25, 0.3) is 16.8 Å². The van der Waals surface area contributed by atoms with Gasteiger partial charge in [-0.15, -0.1) is 0 Å². The predicted octanol–water partition coefficient (Wildman–Crippen LogP) is 8.29. The van der Waals surface area contributed by atoms with Gasteiger partial charge in [0.15, 0.2) is 0 Å². The first kappa shape index (κ1) is 31.4. The van der Waals surface area contributed by atoms with Crippen molar-refractivity contribution in [2.24, 2.45) is 0 Å². The lowest BCUT2D eigenvalue weighted by molar-refractivity contribution is -0.384. The van der Waals surface area contributed by atoms with Crippen LogP contribution in [0.1, 0.15) is 79.9 Å². The molecule has 0 unspecified atom stereocenters. The number of aryl methyl sites for hydroxylation is 2. The Kier molecular flexibility index (Phi) is 9.48. The van der Waals surface area contributed by atoms with Crippen LogP contribution in [0.15, 0.2) is 47.4 Å². The van der Waals surface area contributed by atoms with Gasteiger partial charge in [-0.2, -0.15) is 0 Å². The maximum absolute atomic E-state index is 13.3. The number of nitrogens with one attached hydrogen (secondary N) is 1. The number of nitrogens with zero attached hydrogens (tertiary/aromatic N) is 3. The van der Waals surface area contributed by atoms with Gasteiger partial charge in [-0.05, 0) is 98.3 Å². The highest BCUT2D eigenvalue weighted by atomic mass is 32.2. The fourth-order valence-electron chi connectivity index (χ4n) is 6.05. The molecule has 1 aliphatic heterocycles. The Labute approximate surface area is 262 Å². The Morgan fingerprint density at radius 2 is 1.82 bits per heavy atom. The molecule has 9 nitrogen and oxygen atoms in total. The van der Waals surface area contributed by atoms with Gasteiger partial charge in [0.05, 0.1) is 22.1 Å². The summed E-state index contributed by atoms with van der Waals surface area (Å²) in [5, 5.41) is 15.1. The molecule has 2 heterocycles. The van der Waals surface area contributed by atoms with E-state index in [9.17, 15) is 19.7 Å². The van der Waals surface area contributed by atoms with E-state index in [1.165, 1.54) is 11.3 Å². The van der Waals surface area contributed by atoms with Crippen LogP contribution in [0.25, 0.3) is 11.8 Å². The van der Waals surface area contributed by atoms with Crippen molar-refractivity contribution in [3.05, 3.63) is 85.6 Å². The molecule has 2 fully saturated rings. The fraction of sp³-hybridized carbons (Fsp3) is 0.412. The Balaban J connectivity index is 1.32. The number of imide groups is 1. The molecule has 0 bridgehead atoms. The second-order valence-corrected chi connectivity index (χ2v) is 13.0. The molecule has 232 valence electrons. The zero-order chi connectivity index (χ0) is 31.5. The van der Waals surface area contributed by atoms with Gasteiger partial charge in [0, 0.05) is 23.5 Å². The normalized spacial score (nSPS) is 16.8. The summed E-state index contributed by atoms with van der Waals surface area (Å²) in [5.74, 6) is 0.704. The van der Waals surface area contributed by atoms with Gasteiger partial charge in [0.2, 0.25) is 0 Å². The number of amides is 2. The van der Waals surface area contributed by atoms with Crippen molar-refractivity contribution in [2.45, 2.75) is 78.7 Å². The van der Waals surface area contributed by atoms with Crippen molar-refractivity contribution in [1.29, 1.82) is 0 Å². The van der Waals surface area contributed by atoms with Crippen molar-refractivity contribution >= 4 is 40.4 Å². The fourth-order valence-corrected chi connectivity index (χ4v) is 6.91. The zero-order valence-corrected chi connectivity index (χ0v) is 26.8. The summed E-state index contributed by atoms with van der Waals surface area (Å²) >= 11 is 0.914. The minimum atomic E-state index is -0.351. The van der Waals surface area contributed by atoms with Crippen LogP contribution in [0, 0.1) is 30.9 Å². The summed E-state index contributed by atoms with van der Waals surface area (Å²) < 4.78 is 7.97. The van der Waals surface area contributed by atoms with E-state index in [0.29, 0.717) is 16.3 Å². The number of aromatic nitrogens is 1. The first-order valence-electron chi connectivity index (χ1n) is 15.3. The number of ether oxygens (including phenoxy) is 1. The molecule has 2 aliphatic rings. The van der Waals surface area contributed by atoms with Gasteiger partial charge in [-0.25, -0.2) is 0 Å². The van der Waals surface area contributed by atoms with Crippen molar-refractivity contribution in [2.75, 3.05) is 18.5 Å². The van der Waals surface area contributed by atoms with Gasteiger partial charge in [-0.3, -0.25) is 24.6 Å². The lowest BCUT2D eigenvalue weighted by Crippen LogP contribution is -2.32. The minimum absolute atomic E-state index is 0.0386. The summed E-state index contributed by atoms with van der Waals surface area (Å²) in [6, 6.07) is 13.5. The molecule has 1 saturated heterocycles. The minimum Gasteiger partial charge on any atom is -0.491 e. The maximum atomic E-state index is 13.3. The SMILES string of the molecule is Cc1ccc(C(C)C)c(OCCN2C(=O)S/C(=C\c3cc(C)n(-c4ccc(NC5CCCCC5)c([N+](=O)[O-])c4)c3C)C2=O)c1. The molecule has 2 amide bonds. The molecule has 1 saturated carbocycles. The van der Waals surface area contributed by atoms with Crippen LogP contribution in [-0.4, -0.2) is 44.7 Å². The second kappa shape index (κ2) is 13.3. The number of carbonyl (C=O) groups excluding carboxylic acids is 2. The second-order valence-electron chi connectivity index (χ2n) is 12.0. The number of anilines is 1. The molecule has 0 spiro atoms. The Morgan fingerprint density at radius 3 is 2.52 bits per heavy atom. The molecule has 5 rings (SSSR count). The molecule has 1 aliphatic carbocycles. The highest BCUT2D eigenvalue weighted by Crippen LogP contribution is 2.36. The molecule has 0 radical (unpaired) electrons. The third-order valence-electron chi connectivity index (χ3n) is 8.40. The first-order chi connectivity index (χ1) is 21.0. The number of nitro groups is 1. The molecular formula is C34H40N4O5S. The van der Waals surface area contributed by atoms with Crippen LogP contribution in [0.4, 0.5) is 16.2 Å². The average molecular weight is 617 g/mol. The van der Waals surface area contributed by atoms with Gasteiger partial charge >= 0.3 is 0 Å². The largest absolute Gasteiger partial charge is 0.491 e. The Hall–Kier alpha value is -4.05. The molecule has 44 heavy (non-hydrogen) atoms. The molecule has 3 aromatic rings. The van der Waals surface area contributed by atoms with E-state index in [2.05, 4.69) is 25.2 Å². The number of benzene rings is 2. The Bertz CT molecular complexity index is 1620. The molecule has 1 N–H and O–H groups in total. The monoisotopic (exact) mass is 616 g/mol. The van der Waals surface area contributed by atoms with Crippen LogP contribution in [-0.2, 0) is 4.79 Å². The van der Waals surface area contributed by atoms with E-state index in [-0.39, 0.29) is 46.9 Å². The quantitative estimate of drug-likeness (QED) is 0.139. The summed E-state index contributed by atoms with van der Waals surface area (Å²) in [4.78, 5) is 39.3. The standard InChI is InChI=1S/C34H40N4O5S/c1-21(2)28-13-11-22(3)17-31(28)43-16-15-36-33(39)32(44-34(36)40)19-25-18-23(4)37(24(25)5)27-12-14-29(30(20-27)38(41)42)35-26-9-7-6-8-10-26/h11-14,17-21,26,35H,6-10,15-16H2,1-5H3/b32-19-. The van der Waals surface area contributed by atoms with Crippen molar-refractivity contribution in [1.82, 2.24) is 9.47 Å². The number of rotatable bonds is 10. The number of hydrogen-bond donors (Lipinski definition) is 1. The predicted molar refractivity (Wildman–Crippen MR) is 176 cm³/mol. The third-order valence-corrected chi connectivity index (χ3v) is 9.30. The first-order valence-corrected chi connectivity index (χ1v) is 16.1. The van der Waals surface area contributed by atoms with Gasteiger partial charge in [0.1, 0.15) is 18.0 Å². The van der Waals surface area contributed by atoms with Crippen molar-refractivity contribution in [3.63, 3.8) is 0 Å². The molecule has 2 aromatic carbocycles. The lowest BCUT2D eigenvalue weighted by Gasteiger charge is -2.24. The topological polar surface area (TPSA) is 107 Å². The molecule has 0 atom stereocenters. The van der Waals surface area contributed by atoms with Crippen molar-refractivity contribution in [3.8, 4) is 11.4 Å². The zero-order valence-electron chi connectivity index (χ0n) is 26.0. The maximum Gasteiger partial charge on any atom is 0.294 e. The van der Waals surface area contributed by atoms with E-state index in [1.54, 1.807) is 18.2 Å². The number of hydrogen-bond acceptors (Lipinski definition) is 7. The van der Waals surface area contributed by atoms with Crippen LogP contribution < -0.4 is 10.1 Å². The summed E-state index contributed by atoms with van der Waals surface area (Å²) in [6.45, 7) is 10.4. The van der Waals surface area contributed by atoms with E-state index in [0.717, 1.165) is 71.3 Å². The van der Waals surface area contributed by atoms with E-state index in [4.69, 9.17) is 4.74 Å². The van der Waals surface area contributed by atoms with E-state index < -0.39 is 0 Å². The summed E-state index contributed by atoms with van der Waals surface area (Å²) in [7, 11) is 0. The number of carbonyl (C=O) groups is 2. The molecular weight excluding hydrogens is 576 g/mol. The average Bonchev–Trinajstić information content (AvgIpc) is 3.41. The molecule has 1 aromatic heterocycles. The number of thioether (sulfide) groups is 1. The third kappa shape index (κ3) is 6.70. The van der Waals surface area contributed by atoms with E-state index >= 15 is 0 Å².